The standard InChI is InChI=1S/C24H32N4O3S/c1-19-5-11-22(12-6-19)32(30,31)28-15-13-27(14-16-28)18-23(29)26-25-17-20-7-9-21(10-8-20)24(2,3)4/h5-12,17H,13-16,18H2,1-4H3,(H,26,29). The number of piperazine rings is 1. The summed E-state index contributed by atoms with van der Waals surface area (Å²) in [6.07, 6.45) is 1.62. The van der Waals surface area contributed by atoms with E-state index in [1.807, 2.05) is 24.0 Å². The predicted octanol–water partition coefficient (Wildman–Crippen LogP) is 2.75. The number of aryl methyl sites for hydroxylation is 1. The largest absolute Gasteiger partial charge is 0.292 e. The van der Waals surface area contributed by atoms with Crippen molar-refractivity contribution < 1.29 is 13.2 Å². The topological polar surface area (TPSA) is 82.1 Å². The van der Waals surface area contributed by atoms with Crippen molar-refractivity contribution in [3.8, 4) is 0 Å². The molecule has 0 aromatic heterocycles. The number of hydrogen-bond acceptors (Lipinski definition) is 5. The van der Waals surface area contributed by atoms with E-state index >= 15 is 0 Å². The molecule has 0 saturated carbocycles. The van der Waals surface area contributed by atoms with Crippen LogP contribution in [0.4, 0.5) is 0 Å². The van der Waals surface area contributed by atoms with E-state index in [4.69, 9.17) is 0 Å². The lowest BCUT2D eigenvalue weighted by Gasteiger charge is -2.33. The summed E-state index contributed by atoms with van der Waals surface area (Å²) in [6, 6.07) is 15.0. The maximum Gasteiger partial charge on any atom is 0.254 e. The number of benzene rings is 2. The molecule has 7 nitrogen and oxygen atoms in total. The highest BCUT2D eigenvalue weighted by Crippen LogP contribution is 2.22. The van der Waals surface area contributed by atoms with Crippen molar-refractivity contribution >= 4 is 22.1 Å². The van der Waals surface area contributed by atoms with Gasteiger partial charge in [-0.2, -0.15) is 9.41 Å². The van der Waals surface area contributed by atoms with Crippen molar-refractivity contribution in [3.63, 3.8) is 0 Å². The van der Waals surface area contributed by atoms with Crippen molar-refractivity contribution in [2.24, 2.45) is 5.10 Å². The number of hydrogen-bond donors (Lipinski definition) is 1. The van der Waals surface area contributed by atoms with Crippen LogP contribution in [0.15, 0.2) is 58.5 Å². The maximum absolute atomic E-state index is 12.8. The molecule has 8 heteroatoms. The van der Waals surface area contributed by atoms with Crippen molar-refractivity contribution in [2.75, 3.05) is 32.7 Å². The molecule has 1 N–H and O–H groups in total. The van der Waals surface area contributed by atoms with Crippen LogP contribution in [0, 0.1) is 6.92 Å². The van der Waals surface area contributed by atoms with Gasteiger partial charge >= 0.3 is 0 Å². The molecule has 2 aromatic rings. The van der Waals surface area contributed by atoms with Gasteiger partial charge in [-0.1, -0.05) is 62.7 Å². The third-order valence-electron chi connectivity index (χ3n) is 5.54. The molecule has 0 atom stereocenters. The number of amides is 1. The second kappa shape index (κ2) is 9.94. The molecule has 0 bridgehead atoms. The van der Waals surface area contributed by atoms with Gasteiger partial charge in [0, 0.05) is 26.2 Å². The van der Waals surface area contributed by atoms with E-state index in [2.05, 4.69) is 43.4 Å². The van der Waals surface area contributed by atoms with Gasteiger partial charge in [-0.25, -0.2) is 13.8 Å². The zero-order chi connectivity index (χ0) is 23.4. The van der Waals surface area contributed by atoms with Crippen LogP contribution < -0.4 is 5.43 Å². The second-order valence-electron chi connectivity index (χ2n) is 9.16. The van der Waals surface area contributed by atoms with Crippen LogP contribution in [0.3, 0.4) is 0 Å². The Labute approximate surface area is 191 Å². The van der Waals surface area contributed by atoms with Crippen molar-refractivity contribution in [1.29, 1.82) is 0 Å². The molecule has 3 rings (SSSR count). The summed E-state index contributed by atoms with van der Waals surface area (Å²) >= 11 is 0. The number of sulfonamides is 1. The molecule has 1 amide bonds. The van der Waals surface area contributed by atoms with Gasteiger partial charge in [0.15, 0.2) is 0 Å². The van der Waals surface area contributed by atoms with Crippen LogP contribution >= 0.6 is 0 Å². The zero-order valence-corrected chi connectivity index (χ0v) is 20.0. The van der Waals surface area contributed by atoms with E-state index in [1.165, 1.54) is 9.87 Å². The lowest BCUT2D eigenvalue weighted by atomic mass is 9.87. The fraction of sp³-hybridized carbons (Fsp3) is 0.417. The van der Waals surface area contributed by atoms with Crippen LogP contribution in [-0.4, -0.2) is 62.5 Å². The normalized spacial score (nSPS) is 16.4. The first kappa shape index (κ1) is 24.1. The van der Waals surface area contributed by atoms with E-state index in [0.717, 1.165) is 11.1 Å². The Hall–Kier alpha value is -2.55. The van der Waals surface area contributed by atoms with Gasteiger partial charge in [0.25, 0.3) is 5.91 Å². The molecule has 172 valence electrons. The third-order valence-corrected chi connectivity index (χ3v) is 7.45. The fourth-order valence-corrected chi connectivity index (χ4v) is 4.90. The Kier molecular flexibility index (Phi) is 7.48. The molecule has 32 heavy (non-hydrogen) atoms. The average molecular weight is 457 g/mol. The first-order valence-corrected chi connectivity index (χ1v) is 12.2. The lowest BCUT2D eigenvalue weighted by molar-refractivity contribution is -0.122. The first-order chi connectivity index (χ1) is 15.1. The molecule has 1 heterocycles. The van der Waals surface area contributed by atoms with E-state index in [-0.39, 0.29) is 17.9 Å². The van der Waals surface area contributed by atoms with Crippen LogP contribution in [0.1, 0.15) is 37.5 Å². The second-order valence-corrected chi connectivity index (χ2v) is 11.1. The Morgan fingerprint density at radius 1 is 1.00 bits per heavy atom. The van der Waals surface area contributed by atoms with Gasteiger partial charge in [0.2, 0.25) is 10.0 Å². The molecular weight excluding hydrogens is 424 g/mol. The Bertz CT molecular complexity index is 1050. The Morgan fingerprint density at radius 2 is 1.59 bits per heavy atom. The van der Waals surface area contributed by atoms with E-state index in [9.17, 15) is 13.2 Å². The molecular formula is C24H32N4O3S. The molecule has 1 aliphatic rings. The van der Waals surface area contributed by atoms with Crippen molar-refractivity contribution in [3.05, 3.63) is 65.2 Å². The number of hydrazone groups is 1. The van der Waals surface area contributed by atoms with Gasteiger partial charge in [-0.3, -0.25) is 9.69 Å². The van der Waals surface area contributed by atoms with E-state index < -0.39 is 10.0 Å². The van der Waals surface area contributed by atoms with Crippen molar-refractivity contribution in [1.82, 2.24) is 14.6 Å². The minimum absolute atomic E-state index is 0.0907. The third kappa shape index (κ3) is 6.25. The summed E-state index contributed by atoms with van der Waals surface area (Å²) < 4.78 is 27.1. The number of nitrogens with one attached hydrogen (secondary N) is 1. The smallest absolute Gasteiger partial charge is 0.254 e. The molecule has 0 unspecified atom stereocenters. The molecule has 0 radical (unpaired) electrons. The molecule has 1 fully saturated rings. The quantitative estimate of drug-likeness (QED) is 0.535. The number of rotatable bonds is 6. The van der Waals surface area contributed by atoms with E-state index in [1.54, 1.807) is 30.5 Å². The summed E-state index contributed by atoms with van der Waals surface area (Å²) in [7, 11) is -3.51. The van der Waals surface area contributed by atoms with Crippen LogP contribution in [0.2, 0.25) is 0 Å². The summed E-state index contributed by atoms with van der Waals surface area (Å²) in [6.45, 7) is 10.3. The Morgan fingerprint density at radius 3 is 2.16 bits per heavy atom. The highest BCUT2D eigenvalue weighted by Gasteiger charge is 2.28. The first-order valence-electron chi connectivity index (χ1n) is 10.8. The van der Waals surface area contributed by atoms with Gasteiger partial charge < -0.3 is 0 Å². The van der Waals surface area contributed by atoms with Crippen molar-refractivity contribution in [2.45, 2.75) is 38.0 Å². The predicted molar refractivity (Wildman–Crippen MR) is 127 cm³/mol. The average Bonchev–Trinajstić information content (AvgIpc) is 2.74. The minimum Gasteiger partial charge on any atom is -0.292 e. The summed E-state index contributed by atoms with van der Waals surface area (Å²) in [4.78, 5) is 14.5. The molecule has 1 saturated heterocycles. The van der Waals surface area contributed by atoms with Crippen LogP contribution in [0.25, 0.3) is 0 Å². The molecule has 0 aliphatic carbocycles. The maximum atomic E-state index is 12.8. The monoisotopic (exact) mass is 456 g/mol. The van der Waals surface area contributed by atoms with Crippen LogP contribution in [-0.2, 0) is 20.2 Å². The van der Waals surface area contributed by atoms with Gasteiger partial charge in [0.1, 0.15) is 0 Å². The molecule has 0 spiro atoms. The van der Waals surface area contributed by atoms with Crippen LogP contribution in [0.5, 0.6) is 0 Å². The molecule has 1 aliphatic heterocycles. The molecule has 2 aromatic carbocycles. The zero-order valence-electron chi connectivity index (χ0n) is 19.2. The fourth-order valence-electron chi connectivity index (χ4n) is 3.47. The minimum atomic E-state index is -3.51. The summed E-state index contributed by atoms with van der Waals surface area (Å²) in [5.41, 5.74) is 5.81. The highest BCUT2D eigenvalue weighted by atomic mass is 32.2. The number of carbonyl (C=O) groups is 1. The lowest BCUT2D eigenvalue weighted by Crippen LogP contribution is -2.50. The highest BCUT2D eigenvalue weighted by molar-refractivity contribution is 7.89. The van der Waals surface area contributed by atoms with Gasteiger partial charge in [-0.05, 0) is 35.6 Å². The van der Waals surface area contributed by atoms with Gasteiger partial charge in [-0.15, -0.1) is 0 Å². The number of nitrogens with zero attached hydrogens (tertiary/aromatic N) is 3. The summed E-state index contributed by atoms with van der Waals surface area (Å²) in [5.74, 6) is -0.220. The summed E-state index contributed by atoms with van der Waals surface area (Å²) in [5, 5.41) is 4.04. The number of carbonyl (C=O) groups excluding carboxylic acids is 1. The van der Waals surface area contributed by atoms with Gasteiger partial charge in [0.05, 0.1) is 17.7 Å². The Balaban J connectivity index is 1.46. The van der Waals surface area contributed by atoms with E-state index in [0.29, 0.717) is 31.1 Å². The SMILES string of the molecule is Cc1ccc(S(=O)(=O)N2CCN(CC(=O)NN=Cc3ccc(C(C)(C)C)cc3)CC2)cc1.